The molecule has 0 unspecified atom stereocenters. The van der Waals surface area contributed by atoms with Gasteiger partial charge in [-0.05, 0) is 36.1 Å². The molecule has 1 atom stereocenters. The molecule has 1 heterocycles. The molecule has 3 rings (SSSR count). The summed E-state index contributed by atoms with van der Waals surface area (Å²) in [6.45, 7) is 0. The predicted molar refractivity (Wildman–Crippen MR) is 95.5 cm³/mol. The number of aromatic amines is 1. The zero-order chi connectivity index (χ0) is 19.7. The molecule has 0 aliphatic heterocycles. The van der Waals surface area contributed by atoms with Crippen LogP contribution in [0.2, 0.25) is 0 Å². The van der Waals surface area contributed by atoms with Crippen LogP contribution in [0, 0.1) is 0 Å². The van der Waals surface area contributed by atoms with E-state index in [1.165, 1.54) is 21.3 Å². The van der Waals surface area contributed by atoms with Crippen molar-refractivity contribution in [3.8, 4) is 17.2 Å². The van der Waals surface area contributed by atoms with Crippen LogP contribution in [-0.2, 0) is 6.42 Å². The van der Waals surface area contributed by atoms with Crippen molar-refractivity contribution in [2.24, 2.45) is 0 Å². The van der Waals surface area contributed by atoms with Gasteiger partial charge in [-0.15, -0.1) is 0 Å². The number of carboxylic acid groups (broad SMARTS) is 1. The number of carbonyl (C=O) groups is 2. The summed E-state index contributed by atoms with van der Waals surface area (Å²) in [5.74, 6) is -0.414. The number of hydrogen-bond donors (Lipinski definition) is 2. The molecule has 8 nitrogen and oxygen atoms in total. The van der Waals surface area contributed by atoms with E-state index in [0.717, 1.165) is 11.6 Å². The highest BCUT2D eigenvalue weighted by molar-refractivity contribution is 6.00. The molecule has 0 saturated carbocycles. The molecule has 0 radical (unpaired) electrons. The molecule has 0 fully saturated rings. The smallest absolute Gasteiger partial charge is 0.341 e. The molecule has 0 spiro atoms. The SMILES string of the molecule is COc1cc([C@H]2CC(=O)c3cc(C(=O)O)c(=O)[nH]c3C2)cc(OC)c1OC. The third-order valence-electron chi connectivity index (χ3n) is 4.69. The number of nitrogens with one attached hydrogen (secondary N) is 1. The summed E-state index contributed by atoms with van der Waals surface area (Å²) in [4.78, 5) is 38.2. The van der Waals surface area contributed by atoms with Gasteiger partial charge in [0.25, 0.3) is 5.56 Å². The van der Waals surface area contributed by atoms with Crippen molar-refractivity contribution >= 4 is 11.8 Å². The standard InChI is InChI=1S/C19H19NO7/c1-25-15-6-10(7-16(26-2)17(15)27-3)9-4-13-11(14(21)5-9)8-12(19(23)24)18(22)20-13/h6-9H,4-5H2,1-3H3,(H,20,22)(H,23,24)/t9-/m1/s1. The fraction of sp³-hybridized carbons (Fsp3) is 0.316. The molecular weight excluding hydrogens is 354 g/mol. The van der Waals surface area contributed by atoms with Crippen LogP contribution in [0.3, 0.4) is 0 Å². The summed E-state index contributed by atoms with van der Waals surface area (Å²) in [6.07, 6.45) is 0.561. The molecule has 142 valence electrons. The fourth-order valence-corrected chi connectivity index (χ4v) is 3.36. The number of ketones is 1. The van der Waals surface area contributed by atoms with Crippen LogP contribution in [0.25, 0.3) is 0 Å². The number of methoxy groups -OCH3 is 3. The number of benzene rings is 1. The third-order valence-corrected chi connectivity index (χ3v) is 4.69. The first-order chi connectivity index (χ1) is 12.9. The highest BCUT2D eigenvalue weighted by Crippen LogP contribution is 2.42. The molecular formula is C19H19NO7. The molecule has 0 saturated heterocycles. The molecule has 2 aromatic rings. The Labute approximate surface area is 154 Å². The Morgan fingerprint density at radius 1 is 1.04 bits per heavy atom. The monoisotopic (exact) mass is 373 g/mol. The first kappa shape index (κ1) is 18.5. The number of carboxylic acids is 1. The minimum atomic E-state index is -1.36. The van der Waals surface area contributed by atoms with E-state index in [2.05, 4.69) is 4.98 Å². The van der Waals surface area contributed by atoms with E-state index in [0.29, 0.717) is 29.4 Å². The second-order valence-electron chi connectivity index (χ2n) is 6.20. The zero-order valence-corrected chi connectivity index (χ0v) is 15.1. The van der Waals surface area contributed by atoms with E-state index in [1.807, 2.05) is 0 Å². The summed E-state index contributed by atoms with van der Waals surface area (Å²) >= 11 is 0. The van der Waals surface area contributed by atoms with Crippen molar-refractivity contribution in [3.63, 3.8) is 0 Å². The molecule has 1 aromatic carbocycles. The van der Waals surface area contributed by atoms with E-state index in [4.69, 9.17) is 19.3 Å². The molecule has 27 heavy (non-hydrogen) atoms. The van der Waals surface area contributed by atoms with Gasteiger partial charge < -0.3 is 24.3 Å². The number of carbonyl (C=O) groups excluding carboxylic acids is 1. The average Bonchev–Trinajstić information content (AvgIpc) is 2.65. The number of rotatable bonds is 5. The summed E-state index contributed by atoms with van der Waals surface area (Å²) in [7, 11) is 4.52. The van der Waals surface area contributed by atoms with Gasteiger partial charge in [0.1, 0.15) is 5.56 Å². The van der Waals surface area contributed by atoms with Crippen molar-refractivity contribution in [3.05, 3.63) is 50.9 Å². The maximum Gasteiger partial charge on any atom is 0.341 e. The lowest BCUT2D eigenvalue weighted by Gasteiger charge is -2.25. The normalized spacial score (nSPS) is 15.8. The van der Waals surface area contributed by atoms with Gasteiger partial charge in [0.05, 0.1) is 21.3 Å². The minimum absolute atomic E-state index is 0.177. The van der Waals surface area contributed by atoms with Crippen molar-refractivity contribution in [1.82, 2.24) is 4.98 Å². The lowest BCUT2D eigenvalue weighted by atomic mass is 9.81. The quantitative estimate of drug-likeness (QED) is 0.824. The van der Waals surface area contributed by atoms with E-state index >= 15 is 0 Å². The first-order valence-corrected chi connectivity index (χ1v) is 8.22. The molecule has 0 bridgehead atoms. The summed E-state index contributed by atoms with van der Waals surface area (Å²) in [5, 5.41) is 9.08. The van der Waals surface area contributed by atoms with Gasteiger partial charge in [0.15, 0.2) is 17.3 Å². The second kappa shape index (κ2) is 7.14. The zero-order valence-electron chi connectivity index (χ0n) is 15.1. The minimum Gasteiger partial charge on any atom is -0.493 e. The largest absolute Gasteiger partial charge is 0.493 e. The molecule has 0 amide bonds. The number of pyridine rings is 1. The Balaban J connectivity index is 2.05. The van der Waals surface area contributed by atoms with Gasteiger partial charge in [-0.1, -0.05) is 0 Å². The fourth-order valence-electron chi connectivity index (χ4n) is 3.36. The van der Waals surface area contributed by atoms with Crippen molar-refractivity contribution in [1.29, 1.82) is 0 Å². The lowest BCUT2D eigenvalue weighted by molar-refractivity contribution is 0.0695. The second-order valence-corrected chi connectivity index (χ2v) is 6.20. The number of Topliss-reactive ketones (excluding diaryl/α,β-unsaturated/α-hetero) is 1. The highest BCUT2D eigenvalue weighted by Gasteiger charge is 2.30. The van der Waals surface area contributed by atoms with E-state index in [-0.39, 0.29) is 23.7 Å². The first-order valence-electron chi connectivity index (χ1n) is 8.22. The molecule has 2 N–H and O–H groups in total. The maximum atomic E-state index is 12.6. The Hall–Kier alpha value is -3.29. The van der Waals surface area contributed by atoms with Gasteiger partial charge >= 0.3 is 5.97 Å². The maximum absolute atomic E-state index is 12.6. The topological polar surface area (TPSA) is 115 Å². The van der Waals surface area contributed by atoms with Crippen LogP contribution in [-0.4, -0.2) is 43.2 Å². The van der Waals surface area contributed by atoms with Crippen LogP contribution < -0.4 is 19.8 Å². The van der Waals surface area contributed by atoms with E-state index in [9.17, 15) is 14.4 Å². The number of hydrogen-bond acceptors (Lipinski definition) is 6. The lowest BCUT2D eigenvalue weighted by Crippen LogP contribution is -2.27. The summed E-state index contributed by atoms with van der Waals surface area (Å²) in [6, 6.07) is 4.70. The van der Waals surface area contributed by atoms with Crippen LogP contribution in [0.5, 0.6) is 17.2 Å². The third kappa shape index (κ3) is 3.25. The Bertz CT molecular complexity index is 952. The number of fused-ring (bicyclic) bond motifs is 1. The predicted octanol–water partition coefficient (Wildman–Crippen LogP) is 2.01. The van der Waals surface area contributed by atoms with Gasteiger partial charge in [0, 0.05) is 17.7 Å². The van der Waals surface area contributed by atoms with Crippen LogP contribution in [0.1, 0.15) is 44.3 Å². The molecule has 1 aliphatic rings. The van der Waals surface area contributed by atoms with Crippen LogP contribution in [0.4, 0.5) is 0 Å². The van der Waals surface area contributed by atoms with Gasteiger partial charge in [-0.25, -0.2) is 4.79 Å². The number of ether oxygens (including phenoxy) is 3. The number of H-pyrrole nitrogens is 1. The molecule has 1 aromatic heterocycles. The van der Waals surface area contributed by atoms with Crippen LogP contribution >= 0.6 is 0 Å². The Kier molecular flexibility index (Phi) is 4.89. The average molecular weight is 373 g/mol. The van der Waals surface area contributed by atoms with Gasteiger partial charge in [0.2, 0.25) is 5.75 Å². The van der Waals surface area contributed by atoms with Gasteiger partial charge in [-0.2, -0.15) is 0 Å². The number of aromatic carboxylic acids is 1. The van der Waals surface area contributed by atoms with E-state index in [1.54, 1.807) is 12.1 Å². The summed E-state index contributed by atoms with van der Waals surface area (Å²) < 4.78 is 16.0. The highest BCUT2D eigenvalue weighted by atomic mass is 16.5. The Morgan fingerprint density at radius 3 is 2.19 bits per heavy atom. The van der Waals surface area contributed by atoms with Crippen molar-refractivity contribution in [2.45, 2.75) is 18.8 Å². The van der Waals surface area contributed by atoms with Crippen molar-refractivity contribution in [2.75, 3.05) is 21.3 Å². The summed E-state index contributed by atoms with van der Waals surface area (Å²) in [5.41, 5.74) is 0.315. The van der Waals surface area contributed by atoms with Crippen LogP contribution in [0.15, 0.2) is 23.0 Å². The molecule has 1 aliphatic carbocycles. The Morgan fingerprint density at radius 2 is 1.67 bits per heavy atom. The van der Waals surface area contributed by atoms with Gasteiger partial charge in [-0.3, -0.25) is 9.59 Å². The van der Waals surface area contributed by atoms with E-state index < -0.39 is 17.1 Å². The van der Waals surface area contributed by atoms with Crippen molar-refractivity contribution < 1.29 is 28.9 Å². The number of aromatic nitrogens is 1. The molecule has 8 heteroatoms.